The maximum absolute atomic E-state index is 5.84. The second-order valence-corrected chi connectivity index (χ2v) is 4.32. The molecule has 0 fully saturated rings. The summed E-state index contributed by atoms with van der Waals surface area (Å²) < 4.78 is 7.44. The van der Waals surface area contributed by atoms with Crippen LogP contribution in [0, 0.1) is 6.92 Å². The molecule has 3 nitrogen and oxygen atoms in total. The van der Waals surface area contributed by atoms with Gasteiger partial charge in [-0.15, -0.1) is 0 Å². The molecule has 86 valence electrons. The molecule has 0 saturated carbocycles. The molecule has 0 aliphatic heterocycles. The van der Waals surface area contributed by atoms with Gasteiger partial charge in [0, 0.05) is 30.2 Å². The largest absolute Gasteiger partial charge is 0.497 e. The summed E-state index contributed by atoms with van der Waals surface area (Å²) in [6.07, 6.45) is 2.15. The van der Waals surface area contributed by atoms with E-state index < -0.39 is 0 Å². The highest BCUT2D eigenvalue weighted by atomic mass is 16.5. The zero-order valence-corrected chi connectivity index (χ0v) is 10.0. The lowest BCUT2D eigenvalue weighted by atomic mass is 10.2. The van der Waals surface area contributed by atoms with Crippen molar-refractivity contribution < 1.29 is 4.74 Å². The molecule has 1 aromatic carbocycles. The van der Waals surface area contributed by atoms with Gasteiger partial charge in [0.25, 0.3) is 0 Å². The van der Waals surface area contributed by atoms with Gasteiger partial charge in [0.15, 0.2) is 0 Å². The molecular formula is C13H18N2O. The zero-order chi connectivity index (χ0) is 11.7. The fourth-order valence-electron chi connectivity index (χ4n) is 2.04. The fraction of sp³-hybridized carbons (Fsp3) is 0.385. The van der Waals surface area contributed by atoms with E-state index in [9.17, 15) is 0 Å². The number of hydrogen-bond acceptors (Lipinski definition) is 2. The van der Waals surface area contributed by atoms with Gasteiger partial charge in [-0.05, 0) is 31.5 Å². The Bertz CT molecular complexity index is 500. The molecule has 3 heteroatoms. The molecule has 1 unspecified atom stereocenters. The van der Waals surface area contributed by atoms with Gasteiger partial charge in [-0.1, -0.05) is 0 Å². The molecule has 0 radical (unpaired) electrons. The lowest BCUT2D eigenvalue weighted by Crippen LogP contribution is -2.21. The monoisotopic (exact) mass is 218 g/mol. The van der Waals surface area contributed by atoms with Crippen LogP contribution >= 0.6 is 0 Å². The SMILES string of the molecule is COc1ccc2c(C)cn(CC(C)N)c2c1. The van der Waals surface area contributed by atoms with E-state index in [2.05, 4.69) is 29.8 Å². The van der Waals surface area contributed by atoms with E-state index in [4.69, 9.17) is 10.5 Å². The lowest BCUT2D eigenvalue weighted by molar-refractivity contribution is 0.415. The molecule has 1 atom stereocenters. The number of methoxy groups -OCH3 is 1. The Morgan fingerprint density at radius 2 is 2.19 bits per heavy atom. The van der Waals surface area contributed by atoms with E-state index in [1.807, 2.05) is 13.0 Å². The molecule has 0 saturated heterocycles. The Morgan fingerprint density at radius 1 is 1.44 bits per heavy atom. The van der Waals surface area contributed by atoms with Crippen molar-refractivity contribution >= 4 is 10.9 Å². The van der Waals surface area contributed by atoms with Crippen LogP contribution in [-0.4, -0.2) is 17.7 Å². The van der Waals surface area contributed by atoms with Gasteiger partial charge in [-0.25, -0.2) is 0 Å². The molecular weight excluding hydrogens is 200 g/mol. The van der Waals surface area contributed by atoms with Gasteiger partial charge in [0.05, 0.1) is 12.6 Å². The molecule has 0 amide bonds. The van der Waals surface area contributed by atoms with Crippen molar-refractivity contribution in [3.05, 3.63) is 30.0 Å². The predicted molar refractivity (Wildman–Crippen MR) is 66.9 cm³/mol. The van der Waals surface area contributed by atoms with Crippen molar-refractivity contribution in [2.45, 2.75) is 26.4 Å². The summed E-state index contributed by atoms with van der Waals surface area (Å²) in [5.41, 5.74) is 8.31. The Labute approximate surface area is 95.8 Å². The van der Waals surface area contributed by atoms with Crippen molar-refractivity contribution in [3.8, 4) is 5.75 Å². The van der Waals surface area contributed by atoms with Crippen LogP contribution in [0.15, 0.2) is 24.4 Å². The fourth-order valence-corrected chi connectivity index (χ4v) is 2.04. The smallest absolute Gasteiger partial charge is 0.120 e. The zero-order valence-electron chi connectivity index (χ0n) is 10.0. The molecule has 0 bridgehead atoms. The maximum atomic E-state index is 5.84. The first-order chi connectivity index (χ1) is 7.61. The standard InChI is InChI=1S/C13H18N2O/c1-9-7-15(8-10(2)14)13-6-11(16-3)4-5-12(9)13/h4-7,10H,8,14H2,1-3H3. The highest BCUT2D eigenvalue weighted by Crippen LogP contribution is 2.25. The molecule has 0 aliphatic rings. The van der Waals surface area contributed by atoms with Crippen LogP contribution in [0.1, 0.15) is 12.5 Å². The second-order valence-electron chi connectivity index (χ2n) is 4.32. The van der Waals surface area contributed by atoms with E-state index >= 15 is 0 Å². The van der Waals surface area contributed by atoms with Gasteiger partial charge in [-0.3, -0.25) is 0 Å². The minimum Gasteiger partial charge on any atom is -0.497 e. The van der Waals surface area contributed by atoms with Crippen LogP contribution in [0.3, 0.4) is 0 Å². The van der Waals surface area contributed by atoms with Crippen molar-refractivity contribution in [1.29, 1.82) is 0 Å². The predicted octanol–water partition coefficient (Wildman–Crippen LogP) is 2.31. The highest BCUT2D eigenvalue weighted by molar-refractivity contribution is 5.85. The van der Waals surface area contributed by atoms with Gasteiger partial charge < -0.3 is 15.0 Å². The van der Waals surface area contributed by atoms with Gasteiger partial charge in [-0.2, -0.15) is 0 Å². The normalized spacial score (nSPS) is 13.0. The molecule has 0 aliphatic carbocycles. The Morgan fingerprint density at radius 3 is 2.81 bits per heavy atom. The average molecular weight is 218 g/mol. The summed E-state index contributed by atoms with van der Waals surface area (Å²) in [5, 5.41) is 1.27. The van der Waals surface area contributed by atoms with Crippen LogP contribution in [0.25, 0.3) is 10.9 Å². The topological polar surface area (TPSA) is 40.2 Å². The van der Waals surface area contributed by atoms with Crippen molar-refractivity contribution in [2.75, 3.05) is 7.11 Å². The number of aryl methyl sites for hydroxylation is 1. The number of nitrogens with two attached hydrogens (primary N) is 1. The highest BCUT2D eigenvalue weighted by Gasteiger charge is 2.07. The quantitative estimate of drug-likeness (QED) is 0.858. The summed E-state index contributed by atoms with van der Waals surface area (Å²) in [7, 11) is 1.69. The minimum absolute atomic E-state index is 0.154. The minimum atomic E-state index is 0.154. The molecule has 0 spiro atoms. The number of nitrogens with zero attached hydrogens (tertiary/aromatic N) is 1. The number of rotatable bonds is 3. The average Bonchev–Trinajstić information content (AvgIpc) is 2.54. The number of hydrogen-bond donors (Lipinski definition) is 1. The maximum Gasteiger partial charge on any atom is 0.120 e. The van der Waals surface area contributed by atoms with Crippen LogP contribution in [-0.2, 0) is 6.54 Å². The lowest BCUT2D eigenvalue weighted by Gasteiger charge is -2.09. The Balaban J connectivity index is 2.56. The number of aromatic nitrogens is 1. The number of benzene rings is 1. The number of fused-ring (bicyclic) bond motifs is 1. The van der Waals surface area contributed by atoms with Crippen molar-refractivity contribution in [2.24, 2.45) is 5.73 Å². The van der Waals surface area contributed by atoms with Crippen LogP contribution in [0.2, 0.25) is 0 Å². The second kappa shape index (κ2) is 4.18. The van der Waals surface area contributed by atoms with Crippen molar-refractivity contribution in [3.63, 3.8) is 0 Å². The molecule has 2 rings (SSSR count). The first-order valence-electron chi connectivity index (χ1n) is 5.51. The Kier molecular flexibility index (Phi) is 2.88. The Hall–Kier alpha value is -1.48. The molecule has 1 aromatic heterocycles. The van der Waals surface area contributed by atoms with Crippen LogP contribution < -0.4 is 10.5 Å². The summed E-state index contributed by atoms with van der Waals surface area (Å²) in [4.78, 5) is 0. The third-order valence-electron chi connectivity index (χ3n) is 2.77. The van der Waals surface area contributed by atoms with E-state index in [1.165, 1.54) is 16.5 Å². The van der Waals surface area contributed by atoms with E-state index in [0.717, 1.165) is 12.3 Å². The number of ether oxygens (including phenoxy) is 1. The molecule has 1 heterocycles. The molecule has 2 N–H and O–H groups in total. The van der Waals surface area contributed by atoms with Gasteiger partial charge in [0.1, 0.15) is 5.75 Å². The van der Waals surface area contributed by atoms with E-state index in [0.29, 0.717) is 0 Å². The van der Waals surface area contributed by atoms with Crippen molar-refractivity contribution in [1.82, 2.24) is 4.57 Å². The third-order valence-corrected chi connectivity index (χ3v) is 2.77. The van der Waals surface area contributed by atoms with Gasteiger partial charge in [0.2, 0.25) is 0 Å². The summed E-state index contributed by atoms with van der Waals surface area (Å²) in [5.74, 6) is 0.886. The van der Waals surface area contributed by atoms with E-state index in [-0.39, 0.29) is 6.04 Å². The summed E-state index contributed by atoms with van der Waals surface area (Å²) >= 11 is 0. The summed E-state index contributed by atoms with van der Waals surface area (Å²) in [6.45, 7) is 4.96. The van der Waals surface area contributed by atoms with Crippen LogP contribution in [0.5, 0.6) is 5.75 Å². The first-order valence-corrected chi connectivity index (χ1v) is 5.51. The summed E-state index contributed by atoms with van der Waals surface area (Å²) in [6, 6.07) is 6.30. The van der Waals surface area contributed by atoms with Gasteiger partial charge >= 0.3 is 0 Å². The van der Waals surface area contributed by atoms with E-state index in [1.54, 1.807) is 7.11 Å². The van der Waals surface area contributed by atoms with Crippen LogP contribution in [0.4, 0.5) is 0 Å². The third kappa shape index (κ3) is 1.91. The molecule has 16 heavy (non-hydrogen) atoms. The first kappa shape index (κ1) is 11.0. The molecule has 2 aromatic rings.